The molecule has 0 spiro atoms. The number of hydrogen-bond donors (Lipinski definition) is 0. The highest BCUT2D eigenvalue weighted by Crippen LogP contribution is 1.89. The highest BCUT2D eigenvalue weighted by molar-refractivity contribution is 4.98. The molecule has 0 aliphatic rings. The molecule has 0 saturated heterocycles. The molecule has 2 heterocycles. The molecule has 0 aliphatic carbocycles. The Morgan fingerprint density at radius 2 is 1.58 bits per heavy atom. The topological polar surface area (TPSA) is 35.6 Å². The Balaban J connectivity index is 0. The normalized spacial score (nSPS) is 8.21. The van der Waals surface area contributed by atoms with Crippen molar-refractivity contribution in [2.24, 2.45) is 14.1 Å². The van der Waals surface area contributed by atoms with E-state index >= 15 is 0 Å². The van der Waals surface area contributed by atoms with Crippen LogP contribution >= 0.6 is 0 Å². The quantitative estimate of drug-likeness (QED) is 0.725. The standard InChI is InChI=1S/2C5H8N2.C3H8.C2H6/c1-5-3-6-7(2)4-5;1-5-3-4-6-7(5)2;1-3-2;1-2/h2*3-4H,1-2H3;3H2,1-2H3;1-2H3. The third kappa shape index (κ3) is 11.3. The van der Waals surface area contributed by atoms with E-state index in [-0.39, 0.29) is 0 Å². The Hall–Kier alpha value is -1.58. The molecular formula is C15H30N4. The van der Waals surface area contributed by atoms with Crippen molar-refractivity contribution < 1.29 is 0 Å². The van der Waals surface area contributed by atoms with Gasteiger partial charge in [-0.1, -0.05) is 34.1 Å². The number of rotatable bonds is 0. The minimum absolute atomic E-state index is 1.19. The maximum Gasteiger partial charge on any atom is 0.0518 e. The van der Waals surface area contributed by atoms with Gasteiger partial charge in [0.05, 0.1) is 6.20 Å². The van der Waals surface area contributed by atoms with Gasteiger partial charge in [0, 0.05) is 32.2 Å². The van der Waals surface area contributed by atoms with Crippen LogP contribution in [0.25, 0.3) is 0 Å². The van der Waals surface area contributed by atoms with Gasteiger partial charge in [-0.15, -0.1) is 0 Å². The Bertz CT molecular complexity index is 369. The Kier molecular flexibility index (Phi) is 13.4. The second-order valence-electron chi connectivity index (χ2n) is 3.99. The van der Waals surface area contributed by atoms with Gasteiger partial charge in [-0.05, 0) is 25.5 Å². The lowest BCUT2D eigenvalue weighted by Gasteiger charge is -1.87. The minimum Gasteiger partial charge on any atom is -0.276 e. The summed E-state index contributed by atoms with van der Waals surface area (Å²) in [6, 6.07) is 1.97. The number of hydrogen-bond acceptors (Lipinski definition) is 2. The first-order valence-electron chi connectivity index (χ1n) is 6.91. The van der Waals surface area contributed by atoms with Crippen molar-refractivity contribution in [2.45, 2.75) is 48.0 Å². The van der Waals surface area contributed by atoms with E-state index in [0.29, 0.717) is 0 Å². The van der Waals surface area contributed by atoms with Crippen LogP contribution in [0, 0.1) is 13.8 Å². The van der Waals surface area contributed by atoms with Crippen LogP contribution in [-0.2, 0) is 14.1 Å². The fourth-order valence-corrected chi connectivity index (χ4v) is 0.984. The van der Waals surface area contributed by atoms with Gasteiger partial charge in [0.15, 0.2) is 0 Å². The van der Waals surface area contributed by atoms with E-state index in [4.69, 9.17) is 0 Å². The highest BCUT2D eigenvalue weighted by atomic mass is 15.2. The smallest absolute Gasteiger partial charge is 0.0518 e. The molecule has 0 aliphatic heterocycles. The van der Waals surface area contributed by atoms with E-state index < -0.39 is 0 Å². The first kappa shape index (κ1) is 19.8. The highest BCUT2D eigenvalue weighted by Gasteiger charge is 1.83. The number of nitrogens with zero attached hydrogens (tertiary/aromatic N) is 4. The summed E-state index contributed by atoms with van der Waals surface area (Å²) in [5.74, 6) is 0. The zero-order valence-electron chi connectivity index (χ0n) is 13.8. The molecule has 19 heavy (non-hydrogen) atoms. The molecule has 0 atom stereocenters. The summed E-state index contributed by atoms with van der Waals surface area (Å²) in [4.78, 5) is 0. The van der Waals surface area contributed by atoms with Gasteiger partial charge >= 0.3 is 0 Å². The van der Waals surface area contributed by atoms with Crippen molar-refractivity contribution >= 4 is 0 Å². The minimum atomic E-state index is 1.19. The fraction of sp³-hybridized carbons (Fsp3) is 0.600. The van der Waals surface area contributed by atoms with Crippen LogP contribution in [0.2, 0.25) is 0 Å². The van der Waals surface area contributed by atoms with E-state index in [1.807, 2.05) is 64.9 Å². The number of aryl methyl sites for hydroxylation is 4. The first-order chi connectivity index (χ1) is 9.01. The largest absolute Gasteiger partial charge is 0.276 e. The summed E-state index contributed by atoms with van der Waals surface area (Å²) in [6.07, 6.45) is 6.84. The van der Waals surface area contributed by atoms with Crippen LogP contribution in [0.1, 0.15) is 45.4 Å². The van der Waals surface area contributed by atoms with Crippen LogP contribution in [0.4, 0.5) is 0 Å². The Labute approximate surface area is 118 Å². The second kappa shape index (κ2) is 12.9. The summed E-state index contributed by atoms with van der Waals surface area (Å²) in [7, 11) is 3.84. The summed E-state index contributed by atoms with van der Waals surface area (Å²) in [6.45, 7) is 12.3. The predicted octanol–water partition coefficient (Wildman–Crippen LogP) is 3.90. The van der Waals surface area contributed by atoms with Crippen LogP contribution in [-0.4, -0.2) is 19.6 Å². The molecule has 0 radical (unpaired) electrons. The van der Waals surface area contributed by atoms with Crippen molar-refractivity contribution in [3.63, 3.8) is 0 Å². The summed E-state index contributed by atoms with van der Waals surface area (Å²) >= 11 is 0. The Morgan fingerprint density at radius 3 is 1.68 bits per heavy atom. The lowest BCUT2D eigenvalue weighted by molar-refractivity contribution is 0.740. The summed E-state index contributed by atoms with van der Waals surface area (Å²) in [5.41, 5.74) is 2.41. The SMILES string of the molecule is CC.CCC.Cc1ccnn1C.Cc1cnn(C)c1. The van der Waals surface area contributed by atoms with Gasteiger partial charge in [0.2, 0.25) is 0 Å². The van der Waals surface area contributed by atoms with E-state index in [1.165, 1.54) is 17.7 Å². The molecule has 110 valence electrons. The van der Waals surface area contributed by atoms with Crippen LogP contribution < -0.4 is 0 Å². The van der Waals surface area contributed by atoms with Crippen LogP contribution in [0.3, 0.4) is 0 Å². The van der Waals surface area contributed by atoms with Gasteiger partial charge in [-0.25, -0.2) is 0 Å². The molecule has 0 N–H and O–H groups in total. The molecular weight excluding hydrogens is 236 g/mol. The number of aromatic nitrogens is 4. The fourth-order valence-electron chi connectivity index (χ4n) is 0.984. The van der Waals surface area contributed by atoms with Gasteiger partial charge < -0.3 is 0 Å². The molecule has 2 rings (SSSR count). The van der Waals surface area contributed by atoms with E-state index in [9.17, 15) is 0 Å². The van der Waals surface area contributed by atoms with Crippen molar-refractivity contribution in [1.82, 2.24) is 19.6 Å². The van der Waals surface area contributed by atoms with Gasteiger partial charge in [-0.3, -0.25) is 9.36 Å². The zero-order chi connectivity index (χ0) is 15.3. The van der Waals surface area contributed by atoms with Crippen LogP contribution in [0.5, 0.6) is 0 Å². The lowest BCUT2D eigenvalue weighted by Crippen LogP contribution is -1.90. The van der Waals surface area contributed by atoms with Crippen LogP contribution in [0.15, 0.2) is 24.7 Å². The molecule has 0 aromatic carbocycles. The molecule has 0 saturated carbocycles. The summed E-state index contributed by atoms with van der Waals surface area (Å²) < 4.78 is 3.62. The first-order valence-corrected chi connectivity index (χ1v) is 6.91. The van der Waals surface area contributed by atoms with E-state index in [1.54, 1.807) is 10.9 Å². The van der Waals surface area contributed by atoms with E-state index in [2.05, 4.69) is 24.0 Å². The average Bonchev–Trinajstić information content (AvgIpc) is 2.93. The molecule has 0 amide bonds. The van der Waals surface area contributed by atoms with Gasteiger partial charge in [0.25, 0.3) is 0 Å². The van der Waals surface area contributed by atoms with Crippen molar-refractivity contribution in [1.29, 1.82) is 0 Å². The third-order valence-electron chi connectivity index (χ3n) is 1.90. The average molecular weight is 266 g/mol. The monoisotopic (exact) mass is 266 g/mol. The van der Waals surface area contributed by atoms with Crippen molar-refractivity contribution in [3.8, 4) is 0 Å². The maximum absolute atomic E-state index is 3.93. The Morgan fingerprint density at radius 1 is 1.05 bits per heavy atom. The maximum atomic E-state index is 3.93. The molecule has 2 aromatic rings. The zero-order valence-corrected chi connectivity index (χ0v) is 13.8. The molecule has 2 aromatic heterocycles. The third-order valence-corrected chi connectivity index (χ3v) is 1.90. The molecule has 0 unspecified atom stereocenters. The molecule has 4 heteroatoms. The van der Waals surface area contributed by atoms with Gasteiger partial charge in [-0.2, -0.15) is 10.2 Å². The lowest BCUT2D eigenvalue weighted by atomic mass is 10.4. The second-order valence-corrected chi connectivity index (χ2v) is 3.99. The van der Waals surface area contributed by atoms with E-state index in [0.717, 1.165) is 0 Å². The molecule has 0 fully saturated rings. The van der Waals surface area contributed by atoms with Crippen molar-refractivity contribution in [2.75, 3.05) is 0 Å². The molecule has 4 nitrogen and oxygen atoms in total. The van der Waals surface area contributed by atoms with Gasteiger partial charge in [0.1, 0.15) is 0 Å². The molecule has 0 bridgehead atoms. The predicted molar refractivity (Wildman–Crippen MR) is 83.2 cm³/mol. The summed E-state index contributed by atoms with van der Waals surface area (Å²) in [5, 5.41) is 7.87. The van der Waals surface area contributed by atoms with Crippen molar-refractivity contribution in [3.05, 3.63) is 35.9 Å².